The van der Waals surface area contributed by atoms with Gasteiger partial charge in [-0.2, -0.15) is 9.97 Å². The molecule has 39 heavy (non-hydrogen) atoms. The summed E-state index contributed by atoms with van der Waals surface area (Å²) in [7, 11) is 1.83. The van der Waals surface area contributed by atoms with Crippen molar-refractivity contribution in [3.8, 4) is 11.7 Å². The van der Waals surface area contributed by atoms with Crippen LogP contribution in [0.1, 0.15) is 44.4 Å². The Morgan fingerprint density at radius 3 is 2.51 bits per heavy atom. The van der Waals surface area contributed by atoms with E-state index in [0.717, 1.165) is 38.6 Å². The highest BCUT2D eigenvalue weighted by atomic mass is 19.3. The van der Waals surface area contributed by atoms with Gasteiger partial charge in [0.15, 0.2) is 5.82 Å². The molecule has 1 aromatic carbocycles. The van der Waals surface area contributed by atoms with Crippen LogP contribution < -0.4 is 15.0 Å². The molecule has 3 aliphatic rings. The lowest BCUT2D eigenvalue weighted by atomic mass is 9.92. The average Bonchev–Trinajstić information content (AvgIpc) is 3.54. The summed E-state index contributed by atoms with van der Waals surface area (Å²) in [6, 6.07) is 8.78. The van der Waals surface area contributed by atoms with Crippen molar-refractivity contribution < 1.29 is 23.0 Å². The van der Waals surface area contributed by atoms with E-state index in [4.69, 9.17) is 14.5 Å². The van der Waals surface area contributed by atoms with Crippen molar-refractivity contribution in [2.24, 2.45) is 0 Å². The van der Waals surface area contributed by atoms with Gasteiger partial charge in [0.1, 0.15) is 11.9 Å². The predicted octanol–water partition coefficient (Wildman–Crippen LogP) is 3.10. The summed E-state index contributed by atoms with van der Waals surface area (Å²) in [4.78, 5) is 30.2. The lowest BCUT2D eigenvalue weighted by Crippen LogP contribution is -2.44. The number of benzene rings is 1. The van der Waals surface area contributed by atoms with Crippen LogP contribution in [0.2, 0.25) is 0 Å². The number of carbonyl (C=O) groups excluding carboxylic acids is 1. The summed E-state index contributed by atoms with van der Waals surface area (Å²) < 4.78 is 41.5. The maximum absolute atomic E-state index is 14.1. The van der Waals surface area contributed by atoms with Crippen LogP contribution in [0.4, 0.5) is 14.7 Å². The third-order valence-electron chi connectivity index (χ3n) is 7.94. The monoisotopic (exact) mass is 541 g/mol. The molecule has 1 saturated carbocycles. The lowest BCUT2D eigenvalue weighted by Gasteiger charge is -2.35. The molecule has 3 aromatic rings. The van der Waals surface area contributed by atoms with E-state index in [2.05, 4.69) is 15.3 Å². The Morgan fingerprint density at radius 2 is 1.79 bits per heavy atom. The Labute approximate surface area is 225 Å². The van der Waals surface area contributed by atoms with Crippen molar-refractivity contribution in [3.63, 3.8) is 0 Å². The number of carbonyl (C=O) groups is 1. The van der Waals surface area contributed by atoms with E-state index >= 15 is 0 Å². The van der Waals surface area contributed by atoms with Gasteiger partial charge in [0.05, 0.1) is 30.3 Å². The third-order valence-corrected chi connectivity index (χ3v) is 7.94. The van der Waals surface area contributed by atoms with Gasteiger partial charge in [0.2, 0.25) is 17.7 Å². The highest BCUT2D eigenvalue weighted by Crippen LogP contribution is 2.32. The SMILES string of the molecule is CN[C@H]1CCN(C2CCC(Oc3cc(-n4c(C(F)F)nc5ccccc54)nc(N4CCOCC4)n3)CC2)C1=O. The standard InChI is InChI=1S/C27H33F2N7O3/c1-30-20-10-11-35(26(20)37)17-6-8-18(9-7-17)39-23-16-22(32-27(33-23)34-12-14-38-15-13-34)36-21-5-3-2-4-19(21)31-25(36)24(28)29/h2-5,16-18,20,24,30H,6-15H2,1H3/t17?,18?,20-/m0/s1. The molecule has 0 bridgehead atoms. The number of amides is 1. The molecule has 2 saturated heterocycles. The van der Waals surface area contributed by atoms with Gasteiger partial charge >= 0.3 is 0 Å². The predicted molar refractivity (Wildman–Crippen MR) is 140 cm³/mol. The fourth-order valence-electron chi connectivity index (χ4n) is 5.89. The Hall–Kier alpha value is -3.38. The number of para-hydroxylation sites is 2. The fraction of sp³-hybridized carbons (Fsp3) is 0.556. The van der Waals surface area contributed by atoms with E-state index in [1.165, 1.54) is 4.57 Å². The zero-order valence-electron chi connectivity index (χ0n) is 21.9. The van der Waals surface area contributed by atoms with Gasteiger partial charge in [-0.15, -0.1) is 0 Å². The number of likely N-dealkylation sites (tertiary alicyclic amines) is 1. The van der Waals surface area contributed by atoms with Gasteiger partial charge in [-0.3, -0.25) is 9.36 Å². The molecule has 12 heteroatoms. The number of morpholine rings is 1. The van der Waals surface area contributed by atoms with Crippen molar-refractivity contribution in [2.75, 3.05) is 44.8 Å². The number of nitrogens with one attached hydrogen (secondary N) is 1. The van der Waals surface area contributed by atoms with E-state index in [1.54, 1.807) is 30.3 Å². The van der Waals surface area contributed by atoms with Crippen molar-refractivity contribution in [2.45, 2.75) is 56.7 Å². The fourth-order valence-corrected chi connectivity index (χ4v) is 5.89. The van der Waals surface area contributed by atoms with Crippen LogP contribution in [0, 0.1) is 0 Å². The summed E-state index contributed by atoms with van der Waals surface area (Å²) in [6.07, 6.45) is 1.22. The first kappa shape index (κ1) is 25.9. The number of alkyl halides is 2. The van der Waals surface area contributed by atoms with Crippen LogP contribution in [-0.4, -0.2) is 88.4 Å². The largest absolute Gasteiger partial charge is 0.474 e. The Bertz CT molecular complexity index is 1320. The molecule has 0 unspecified atom stereocenters. The number of nitrogens with zero attached hydrogens (tertiary/aromatic N) is 6. The van der Waals surface area contributed by atoms with Crippen molar-refractivity contribution in [1.29, 1.82) is 0 Å². The molecule has 4 heterocycles. The van der Waals surface area contributed by atoms with Crippen LogP contribution in [0.25, 0.3) is 16.9 Å². The number of hydrogen-bond donors (Lipinski definition) is 1. The van der Waals surface area contributed by atoms with Crippen molar-refractivity contribution in [1.82, 2.24) is 29.7 Å². The van der Waals surface area contributed by atoms with E-state index in [9.17, 15) is 13.6 Å². The third kappa shape index (κ3) is 5.14. The van der Waals surface area contributed by atoms with Gasteiger partial charge in [-0.25, -0.2) is 13.8 Å². The molecule has 1 amide bonds. The number of hydrogen-bond acceptors (Lipinski definition) is 8. The number of halogens is 2. The van der Waals surface area contributed by atoms with Crippen LogP contribution in [0.3, 0.4) is 0 Å². The van der Waals surface area contributed by atoms with Crippen LogP contribution >= 0.6 is 0 Å². The van der Waals surface area contributed by atoms with Crippen molar-refractivity contribution in [3.05, 3.63) is 36.2 Å². The number of rotatable bonds is 7. The van der Waals surface area contributed by atoms with Gasteiger partial charge in [0, 0.05) is 31.7 Å². The molecule has 1 aliphatic carbocycles. The molecule has 208 valence electrons. The highest BCUT2D eigenvalue weighted by molar-refractivity contribution is 5.84. The summed E-state index contributed by atoms with van der Waals surface area (Å²) in [5, 5.41) is 3.10. The van der Waals surface area contributed by atoms with Gasteiger partial charge in [-0.1, -0.05) is 12.1 Å². The number of anilines is 1. The van der Waals surface area contributed by atoms with E-state index in [0.29, 0.717) is 55.0 Å². The average molecular weight is 542 g/mol. The van der Waals surface area contributed by atoms with Crippen molar-refractivity contribution >= 4 is 22.9 Å². The minimum Gasteiger partial charge on any atom is -0.474 e. The second-order valence-corrected chi connectivity index (χ2v) is 10.3. The Balaban J connectivity index is 1.27. The highest BCUT2D eigenvalue weighted by Gasteiger charge is 2.37. The summed E-state index contributed by atoms with van der Waals surface area (Å²) in [5.41, 5.74) is 1.01. The lowest BCUT2D eigenvalue weighted by molar-refractivity contribution is -0.132. The maximum Gasteiger partial charge on any atom is 0.296 e. The van der Waals surface area contributed by atoms with Gasteiger partial charge < -0.3 is 24.6 Å². The zero-order chi connectivity index (χ0) is 26.9. The summed E-state index contributed by atoms with van der Waals surface area (Å²) in [5.74, 6) is 0.859. The molecule has 1 atom stereocenters. The van der Waals surface area contributed by atoms with E-state index in [1.807, 2.05) is 16.8 Å². The van der Waals surface area contributed by atoms with E-state index in [-0.39, 0.29) is 29.9 Å². The number of ether oxygens (including phenoxy) is 2. The van der Waals surface area contributed by atoms with Gasteiger partial charge in [-0.05, 0) is 51.3 Å². The number of likely N-dealkylation sites (N-methyl/N-ethyl adjacent to an activating group) is 1. The van der Waals surface area contributed by atoms with Crippen LogP contribution in [0.15, 0.2) is 30.3 Å². The Kier molecular flexibility index (Phi) is 7.30. The molecule has 6 rings (SSSR count). The van der Waals surface area contributed by atoms with Gasteiger partial charge in [0.25, 0.3) is 6.43 Å². The molecular weight excluding hydrogens is 508 g/mol. The summed E-state index contributed by atoms with van der Waals surface area (Å²) >= 11 is 0. The normalized spacial score (nSPS) is 24.2. The first-order valence-corrected chi connectivity index (χ1v) is 13.6. The molecule has 2 aliphatic heterocycles. The molecule has 0 spiro atoms. The minimum atomic E-state index is -2.78. The van der Waals surface area contributed by atoms with E-state index < -0.39 is 6.43 Å². The molecular formula is C27H33F2N7O3. The minimum absolute atomic E-state index is 0.0885. The quantitative estimate of drug-likeness (QED) is 0.488. The number of fused-ring (bicyclic) bond motifs is 1. The number of imidazole rings is 1. The molecule has 0 radical (unpaired) electrons. The zero-order valence-corrected chi connectivity index (χ0v) is 21.9. The smallest absolute Gasteiger partial charge is 0.296 e. The van der Waals surface area contributed by atoms with Crippen LogP contribution in [0.5, 0.6) is 5.88 Å². The first-order valence-electron chi connectivity index (χ1n) is 13.6. The van der Waals surface area contributed by atoms with Crippen LogP contribution in [-0.2, 0) is 9.53 Å². The molecule has 3 fully saturated rings. The molecule has 10 nitrogen and oxygen atoms in total. The second kappa shape index (κ2) is 11.0. The second-order valence-electron chi connectivity index (χ2n) is 10.3. The summed E-state index contributed by atoms with van der Waals surface area (Å²) in [6.45, 7) is 3.04. The topological polar surface area (TPSA) is 97.6 Å². The maximum atomic E-state index is 14.1. The number of aromatic nitrogens is 4. The Morgan fingerprint density at radius 1 is 1.03 bits per heavy atom. The first-order chi connectivity index (χ1) is 19.0. The molecule has 2 aromatic heterocycles. The molecule has 1 N–H and O–H groups in total.